The van der Waals surface area contributed by atoms with E-state index in [0.717, 1.165) is 25.9 Å². The second-order valence-corrected chi connectivity index (χ2v) is 6.23. The van der Waals surface area contributed by atoms with Crippen molar-refractivity contribution in [2.75, 3.05) is 20.2 Å². The average molecular weight is 353 g/mol. The minimum absolute atomic E-state index is 0.401. The lowest BCUT2D eigenvalue weighted by Gasteiger charge is -2.34. The summed E-state index contributed by atoms with van der Waals surface area (Å²) >= 11 is 0. The van der Waals surface area contributed by atoms with Crippen LogP contribution in [-0.4, -0.2) is 46.1 Å². The van der Waals surface area contributed by atoms with Gasteiger partial charge in [0.25, 0.3) is 5.89 Å². The average Bonchev–Trinajstić information content (AvgIpc) is 3.40. The van der Waals surface area contributed by atoms with Gasteiger partial charge >= 0.3 is 5.97 Å². The van der Waals surface area contributed by atoms with Crippen LogP contribution in [0.25, 0.3) is 11.4 Å². The van der Waals surface area contributed by atoms with E-state index in [0.29, 0.717) is 22.8 Å². The van der Waals surface area contributed by atoms with E-state index in [-0.39, 0.29) is 0 Å². The summed E-state index contributed by atoms with van der Waals surface area (Å²) in [7, 11) is 1.35. The Balaban J connectivity index is 1.72. The van der Waals surface area contributed by atoms with E-state index >= 15 is 0 Å². The fraction of sp³-hybridized carbons (Fsp3) is 0.333. The van der Waals surface area contributed by atoms with Gasteiger partial charge in [-0.05, 0) is 44.1 Å². The number of esters is 1. The van der Waals surface area contributed by atoms with Gasteiger partial charge in [-0.2, -0.15) is 10.1 Å². The van der Waals surface area contributed by atoms with Gasteiger partial charge < -0.3 is 14.6 Å². The molecule has 1 aliphatic rings. The van der Waals surface area contributed by atoms with Crippen molar-refractivity contribution in [2.45, 2.75) is 18.4 Å². The summed E-state index contributed by atoms with van der Waals surface area (Å²) in [6, 6.07) is 8.88. The fourth-order valence-corrected chi connectivity index (χ4v) is 3.34. The van der Waals surface area contributed by atoms with Crippen molar-refractivity contribution in [2.24, 2.45) is 0 Å². The number of carbonyl (C=O) groups is 1. The van der Waals surface area contributed by atoms with Crippen LogP contribution in [0.1, 0.15) is 29.1 Å². The molecule has 0 amide bonds. The molecular formula is C18H19N5O3. The molecule has 3 heterocycles. The third-order valence-corrected chi connectivity index (χ3v) is 4.74. The Labute approximate surface area is 150 Å². The number of piperidine rings is 1. The van der Waals surface area contributed by atoms with E-state index in [2.05, 4.69) is 20.6 Å². The van der Waals surface area contributed by atoms with Crippen LogP contribution in [-0.2, 0) is 10.3 Å². The zero-order valence-corrected chi connectivity index (χ0v) is 14.4. The van der Waals surface area contributed by atoms with Crippen molar-refractivity contribution in [3.63, 3.8) is 0 Å². The molecule has 1 aromatic carbocycles. The highest BCUT2D eigenvalue weighted by molar-refractivity contribution is 5.90. The van der Waals surface area contributed by atoms with Gasteiger partial charge in [0.1, 0.15) is 5.54 Å². The van der Waals surface area contributed by atoms with Crippen LogP contribution in [0.2, 0.25) is 0 Å². The molecule has 3 aromatic rings. The van der Waals surface area contributed by atoms with Crippen LogP contribution < -0.4 is 5.32 Å². The van der Waals surface area contributed by atoms with Gasteiger partial charge in [-0.3, -0.25) is 4.68 Å². The quantitative estimate of drug-likeness (QED) is 0.715. The lowest BCUT2D eigenvalue weighted by molar-refractivity contribution is 0.0601. The lowest BCUT2D eigenvalue weighted by Crippen LogP contribution is -2.45. The largest absolute Gasteiger partial charge is 0.465 e. The Kier molecular flexibility index (Phi) is 4.26. The molecule has 0 saturated carbocycles. The second-order valence-electron chi connectivity index (χ2n) is 6.23. The molecule has 4 rings (SSSR count). The molecule has 134 valence electrons. The van der Waals surface area contributed by atoms with E-state index in [9.17, 15) is 4.79 Å². The van der Waals surface area contributed by atoms with E-state index < -0.39 is 11.5 Å². The molecule has 0 aliphatic carbocycles. The van der Waals surface area contributed by atoms with Gasteiger partial charge in [0, 0.05) is 18.0 Å². The number of methoxy groups -OCH3 is 1. The third kappa shape index (κ3) is 2.78. The van der Waals surface area contributed by atoms with Crippen molar-refractivity contribution >= 4 is 5.97 Å². The summed E-state index contributed by atoms with van der Waals surface area (Å²) in [5.41, 5.74) is 0.687. The predicted molar refractivity (Wildman–Crippen MR) is 92.5 cm³/mol. The number of hydrogen-bond acceptors (Lipinski definition) is 7. The van der Waals surface area contributed by atoms with Crippen molar-refractivity contribution in [3.8, 4) is 11.4 Å². The van der Waals surface area contributed by atoms with Crippen LogP contribution in [0.3, 0.4) is 0 Å². The molecule has 0 unspecified atom stereocenters. The van der Waals surface area contributed by atoms with E-state index in [1.54, 1.807) is 24.4 Å². The Hall–Kier alpha value is -3.00. The number of hydrogen-bond donors (Lipinski definition) is 1. The van der Waals surface area contributed by atoms with Gasteiger partial charge in [0.05, 0.1) is 12.7 Å². The maximum absolute atomic E-state index is 11.8. The van der Waals surface area contributed by atoms with E-state index in [1.165, 1.54) is 7.11 Å². The van der Waals surface area contributed by atoms with Crippen LogP contribution >= 0.6 is 0 Å². The van der Waals surface area contributed by atoms with Crippen molar-refractivity contribution in [1.82, 2.24) is 25.2 Å². The summed E-state index contributed by atoms with van der Waals surface area (Å²) in [6.45, 7) is 1.69. The van der Waals surface area contributed by atoms with Crippen LogP contribution in [0.4, 0.5) is 0 Å². The minimum Gasteiger partial charge on any atom is -0.465 e. The highest BCUT2D eigenvalue weighted by Crippen LogP contribution is 2.34. The van der Waals surface area contributed by atoms with Crippen molar-refractivity contribution < 1.29 is 14.1 Å². The Bertz CT molecular complexity index is 897. The number of aromatic nitrogens is 4. The smallest absolute Gasteiger partial charge is 0.337 e. The zero-order valence-electron chi connectivity index (χ0n) is 14.4. The number of nitrogens with one attached hydrogen (secondary N) is 1. The highest BCUT2D eigenvalue weighted by atomic mass is 16.5. The summed E-state index contributed by atoms with van der Waals surface area (Å²) < 4.78 is 12.3. The molecule has 2 aromatic heterocycles. The molecule has 0 radical (unpaired) electrons. The number of nitrogens with zero attached hydrogens (tertiary/aromatic N) is 4. The maximum Gasteiger partial charge on any atom is 0.337 e. The Morgan fingerprint density at radius 1 is 1.31 bits per heavy atom. The molecule has 0 spiro atoms. The van der Waals surface area contributed by atoms with Gasteiger partial charge in [0.15, 0.2) is 0 Å². The van der Waals surface area contributed by atoms with Gasteiger partial charge in [-0.15, -0.1) is 0 Å². The summed E-state index contributed by atoms with van der Waals surface area (Å²) in [4.78, 5) is 16.4. The fourth-order valence-electron chi connectivity index (χ4n) is 3.34. The van der Waals surface area contributed by atoms with E-state index in [1.807, 2.05) is 23.0 Å². The first-order valence-electron chi connectivity index (χ1n) is 8.47. The maximum atomic E-state index is 11.8. The molecule has 0 bridgehead atoms. The van der Waals surface area contributed by atoms with Gasteiger partial charge in [-0.25, -0.2) is 4.79 Å². The summed E-state index contributed by atoms with van der Waals surface area (Å²) in [5, 5.41) is 11.9. The van der Waals surface area contributed by atoms with Crippen LogP contribution in [0, 0.1) is 0 Å². The van der Waals surface area contributed by atoms with Crippen molar-refractivity contribution in [3.05, 3.63) is 54.2 Å². The molecular weight excluding hydrogens is 334 g/mol. The molecule has 1 saturated heterocycles. The van der Waals surface area contributed by atoms with E-state index in [4.69, 9.17) is 9.26 Å². The van der Waals surface area contributed by atoms with Crippen LogP contribution in [0.5, 0.6) is 0 Å². The topological polar surface area (TPSA) is 95.1 Å². The molecule has 0 atom stereocenters. The lowest BCUT2D eigenvalue weighted by atomic mass is 9.88. The standard InChI is InChI=1S/C18H19N5O3/c1-25-16(24)14-5-2-4-13(12-14)15-21-17(26-22-15)18(6-9-19-10-7-18)23-11-3-8-20-23/h2-5,8,11-12,19H,6-7,9-10H2,1H3. The Morgan fingerprint density at radius 2 is 2.15 bits per heavy atom. The zero-order chi connectivity index (χ0) is 18.0. The highest BCUT2D eigenvalue weighted by Gasteiger charge is 2.41. The molecule has 8 nitrogen and oxygen atoms in total. The minimum atomic E-state index is -0.458. The van der Waals surface area contributed by atoms with Crippen molar-refractivity contribution in [1.29, 1.82) is 0 Å². The SMILES string of the molecule is COC(=O)c1cccc(-c2noc(C3(n4cccn4)CCNCC3)n2)c1. The second kappa shape index (κ2) is 6.72. The number of carbonyl (C=O) groups excluding carboxylic acids is 1. The first kappa shape index (κ1) is 16.5. The van der Waals surface area contributed by atoms with Gasteiger partial charge in [-0.1, -0.05) is 17.3 Å². The first-order chi connectivity index (χ1) is 12.7. The monoisotopic (exact) mass is 353 g/mol. The third-order valence-electron chi connectivity index (χ3n) is 4.74. The van der Waals surface area contributed by atoms with Gasteiger partial charge in [0.2, 0.25) is 5.82 Å². The molecule has 26 heavy (non-hydrogen) atoms. The summed E-state index contributed by atoms with van der Waals surface area (Å²) in [6.07, 6.45) is 5.28. The number of ether oxygens (including phenoxy) is 1. The first-order valence-corrected chi connectivity index (χ1v) is 8.47. The summed E-state index contributed by atoms with van der Waals surface area (Å²) in [5.74, 6) is 0.568. The Morgan fingerprint density at radius 3 is 2.88 bits per heavy atom. The molecule has 8 heteroatoms. The van der Waals surface area contributed by atoms with Crippen LogP contribution in [0.15, 0.2) is 47.2 Å². The number of benzene rings is 1. The predicted octanol–water partition coefficient (Wildman–Crippen LogP) is 1.85. The molecule has 1 fully saturated rings. The number of rotatable bonds is 4. The normalized spacial score (nSPS) is 16.3. The molecule has 1 N–H and O–H groups in total. The molecule has 1 aliphatic heterocycles.